The molecule has 19 heavy (non-hydrogen) atoms. The van der Waals surface area contributed by atoms with E-state index in [4.69, 9.17) is 4.74 Å². The van der Waals surface area contributed by atoms with Crippen molar-refractivity contribution in [2.24, 2.45) is 5.92 Å². The van der Waals surface area contributed by atoms with E-state index >= 15 is 0 Å². The van der Waals surface area contributed by atoms with Gasteiger partial charge in [0.25, 0.3) is 0 Å². The maximum atomic E-state index is 12.3. The smallest absolute Gasteiger partial charge is 0.241 e. The number of amides is 1. The quantitative estimate of drug-likeness (QED) is 0.690. The molecule has 0 aromatic rings. The molecule has 1 amide bonds. The van der Waals surface area contributed by atoms with Gasteiger partial charge in [-0.2, -0.15) is 0 Å². The fourth-order valence-corrected chi connectivity index (χ4v) is 2.50. The molecule has 2 unspecified atom stereocenters. The molecule has 0 saturated carbocycles. The molecule has 0 aliphatic carbocycles. The van der Waals surface area contributed by atoms with Crippen LogP contribution in [0.5, 0.6) is 0 Å². The molecule has 0 aromatic carbocycles. The summed E-state index contributed by atoms with van der Waals surface area (Å²) in [6.07, 6.45) is 1.07. The Morgan fingerprint density at radius 1 is 1.26 bits per heavy atom. The molecule has 2 aliphatic heterocycles. The van der Waals surface area contributed by atoms with Crippen LogP contribution in [0.1, 0.15) is 13.3 Å². The van der Waals surface area contributed by atoms with E-state index in [1.54, 1.807) is 0 Å². The van der Waals surface area contributed by atoms with Gasteiger partial charge < -0.3 is 15.0 Å². The maximum Gasteiger partial charge on any atom is 0.241 e. The number of rotatable bonds is 5. The van der Waals surface area contributed by atoms with Crippen molar-refractivity contribution in [1.82, 2.24) is 20.7 Å². The van der Waals surface area contributed by atoms with E-state index in [1.807, 2.05) is 5.01 Å². The molecule has 2 atom stereocenters. The molecule has 0 bridgehead atoms. The van der Waals surface area contributed by atoms with Crippen molar-refractivity contribution in [3.05, 3.63) is 0 Å². The van der Waals surface area contributed by atoms with Gasteiger partial charge in [0.2, 0.25) is 5.91 Å². The maximum absolute atomic E-state index is 12.3. The van der Waals surface area contributed by atoms with Crippen LogP contribution in [0, 0.1) is 5.92 Å². The molecule has 0 aromatic heterocycles. The average molecular weight is 270 g/mol. The zero-order valence-electron chi connectivity index (χ0n) is 12.0. The van der Waals surface area contributed by atoms with Crippen LogP contribution in [-0.2, 0) is 9.53 Å². The zero-order valence-corrected chi connectivity index (χ0v) is 12.0. The van der Waals surface area contributed by atoms with E-state index in [0.29, 0.717) is 13.2 Å². The number of hydrogen-bond acceptors (Lipinski definition) is 5. The lowest BCUT2D eigenvalue weighted by atomic mass is 10.0. The standard InChI is InChI=1S/C13H26N4O2/c1-3-4-14-12-10-19-9-11(12)13(18)15-17-7-5-16(2)6-8-17/h11-12,14H,3-10H2,1-2H3,(H,15,18). The Labute approximate surface area is 115 Å². The highest BCUT2D eigenvalue weighted by molar-refractivity contribution is 5.79. The van der Waals surface area contributed by atoms with Crippen LogP contribution in [0.15, 0.2) is 0 Å². The first-order chi connectivity index (χ1) is 9.20. The second kappa shape index (κ2) is 7.19. The van der Waals surface area contributed by atoms with Crippen molar-refractivity contribution in [3.8, 4) is 0 Å². The zero-order chi connectivity index (χ0) is 13.7. The number of hydrazine groups is 1. The van der Waals surface area contributed by atoms with E-state index in [9.17, 15) is 4.79 Å². The number of hydrogen-bond donors (Lipinski definition) is 2. The topological polar surface area (TPSA) is 56.8 Å². The lowest BCUT2D eigenvalue weighted by Gasteiger charge is -2.33. The second-order valence-electron chi connectivity index (χ2n) is 5.47. The fraction of sp³-hybridized carbons (Fsp3) is 0.923. The van der Waals surface area contributed by atoms with Gasteiger partial charge in [-0.1, -0.05) is 6.92 Å². The molecule has 2 saturated heterocycles. The Bertz CT molecular complexity index is 292. The number of likely N-dealkylation sites (N-methyl/N-ethyl adjacent to an activating group) is 1. The lowest BCUT2D eigenvalue weighted by Crippen LogP contribution is -2.55. The van der Waals surface area contributed by atoms with Crippen LogP contribution >= 0.6 is 0 Å². The number of nitrogens with zero attached hydrogens (tertiary/aromatic N) is 2. The minimum absolute atomic E-state index is 0.0637. The van der Waals surface area contributed by atoms with Crippen LogP contribution < -0.4 is 10.7 Å². The third-order valence-corrected chi connectivity index (χ3v) is 3.85. The van der Waals surface area contributed by atoms with E-state index in [0.717, 1.165) is 39.1 Å². The number of carbonyl (C=O) groups excluding carboxylic acids is 1. The summed E-state index contributed by atoms with van der Waals surface area (Å²) in [6, 6.07) is 0.160. The molecule has 6 heteroatoms. The van der Waals surface area contributed by atoms with E-state index < -0.39 is 0 Å². The molecule has 0 radical (unpaired) electrons. The highest BCUT2D eigenvalue weighted by Crippen LogP contribution is 2.14. The summed E-state index contributed by atoms with van der Waals surface area (Å²) in [5.74, 6) is 0.0295. The van der Waals surface area contributed by atoms with Crippen molar-refractivity contribution in [1.29, 1.82) is 0 Å². The van der Waals surface area contributed by atoms with E-state index in [2.05, 4.69) is 29.6 Å². The highest BCUT2D eigenvalue weighted by Gasteiger charge is 2.34. The minimum atomic E-state index is -0.0637. The Kier molecular flexibility index (Phi) is 5.57. The summed E-state index contributed by atoms with van der Waals surface area (Å²) in [7, 11) is 2.11. The second-order valence-corrected chi connectivity index (χ2v) is 5.47. The number of nitrogens with one attached hydrogen (secondary N) is 2. The highest BCUT2D eigenvalue weighted by atomic mass is 16.5. The van der Waals surface area contributed by atoms with Gasteiger partial charge in [0, 0.05) is 32.2 Å². The Morgan fingerprint density at radius 3 is 2.68 bits per heavy atom. The molecule has 6 nitrogen and oxygen atoms in total. The van der Waals surface area contributed by atoms with Crippen molar-refractivity contribution < 1.29 is 9.53 Å². The predicted molar refractivity (Wildman–Crippen MR) is 73.6 cm³/mol. The lowest BCUT2D eigenvalue weighted by molar-refractivity contribution is -0.131. The van der Waals surface area contributed by atoms with Gasteiger partial charge in [-0.15, -0.1) is 0 Å². The van der Waals surface area contributed by atoms with Gasteiger partial charge in [-0.05, 0) is 20.0 Å². The van der Waals surface area contributed by atoms with Gasteiger partial charge in [-0.3, -0.25) is 10.2 Å². The fourth-order valence-electron chi connectivity index (χ4n) is 2.50. The summed E-state index contributed by atoms with van der Waals surface area (Å²) in [5, 5.41) is 5.42. The van der Waals surface area contributed by atoms with Crippen LogP contribution in [0.25, 0.3) is 0 Å². The monoisotopic (exact) mass is 270 g/mol. The minimum Gasteiger partial charge on any atom is -0.379 e. The van der Waals surface area contributed by atoms with Crippen molar-refractivity contribution in [2.75, 3.05) is 53.0 Å². The van der Waals surface area contributed by atoms with Crippen molar-refractivity contribution >= 4 is 5.91 Å². The molecule has 2 N–H and O–H groups in total. The van der Waals surface area contributed by atoms with Crippen molar-refractivity contribution in [2.45, 2.75) is 19.4 Å². The van der Waals surface area contributed by atoms with Crippen LogP contribution in [-0.4, -0.2) is 74.8 Å². The third kappa shape index (κ3) is 4.14. The largest absolute Gasteiger partial charge is 0.379 e. The van der Waals surface area contributed by atoms with E-state index in [1.165, 1.54) is 0 Å². The first-order valence-electron chi connectivity index (χ1n) is 7.26. The molecule has 2 aliphatic rings. The summed E-state index contributed by atoms with van der Waals surface area (Å²) in [4.78, 5) is 14.6. The normalized spacial score (nSPS) is 29.6. The first kappa shape index (κ1) is 14.7. The Balaban J connectivity index is 1.78. The van der Waals surface area contributed by atoms with Gasteiger partial charge in [0.15, 0.2) is 0 Å². The molecular weight excluding hydrogens is 244 g/mol. The summed E-state index contributed by atoms with van der Waals surface area (Å²) < 4.78 is 5.44. The average Bonchev–Trinajstić information content (AvgIpc) is 2.87. The van der Waals surface area contributed by atoms with Crippen molar-refractivity contribution in [3.63, 3.8) is 0 Å². The molecular formula is C13H26N4O2. The van der Waals surface area contributed by atoms with Gasteiger partial charge in [0.05, 0.1) is 19.1 Å². The van der Waals surface area contributed by atoms with E-state index in [-0.39, 0.29) is 17.9 Å². The first-order valence-corrected chi connectivity index (χ1v) is 7.26. The SMILES string of the molecule is CCCNC1COCC1C(=O)NN1CCN(C)CC1. The molecule has 2 rings (SSSR count). The van der Waals surface area contributed by atoms with Crippen LogP contribution in [0.4, 0.5) is 0 Å². The number of ether oxygens (including phenoxy) is 1. The Morgan fingerprint density at radius 2 is 2.00 bits per heavy atom. The van der Waals surface area contributed by atoms with Crippen LogP contribution in [0.3, 0.4) is 0 Å². The predicted octanol–water partition coefficient (Wildman–Crippen LogP) is -0.720. The summed E-state index contributed by atoms with van der Waals surface area (Å²) in [5.41, 5.74) is 3.04. The molecule has 2 heterocycles. The summed E-state index contributed by atoms with van der Waals surface area (Å²) in [6.45, 7) is 8.01. The number of carbonyl (C=O) groups is 1. The third-order valence-electron chi connectivity index (χ3n) is 3.85. The molecule has 2 fully saturated rings. The number of piperazine rings is 1. The van der Waals surface area contributed by atoms with Gasteiger partial charge in [-0.25, -0.2) is 5.01 Å². The molecule has 0 spiro atoms. The van der Waals surface area contributed by atoms with Gasteiger partial charge in [0.1, 0.15) is 0 Å². The summed E-state index contributed by atoms with van der Waals surface area (Å²) >= 11 is 0. The Hall–Kier alpha value is -0.690. The van der Waals surface area contributed by atoms with Crippen LogP contribution in [0.2, 0.25) is 0 Å². The molecule has 110 valence electrons. The van der Waals surface area contributed by atoms with Gasteiger partial charge >= 0.3 is 0 Å².